The van der Waals surface area contributed by atoms with Crippen LogP contribution in [0.3, 0.4) is 0 Å². The number of ether oxygens (including phenoxy) is 1. The lowest BCUT2D eigenvalue weighted by Crippen LogP contribution is -2.34. The van der Waals surface area contributed by atoms with Crippen LogP contribution in [-0.4, -0.2) is 31.1 Å². The second kappa shape index (κ2) is 6.39. The van der Waals surface area contributed by atoms with E-state index in [9.17, 15) is 4.79 Å². The molecule has 0 saturated carbocycles. The molecule has 0 bridgehead atoms. The molecular formula is C12H18N2O2S. The van der Waals surface area contributed by atoms with Crippen LogP contribution in [0.1, 0.15) is 17.3 Å². The van der Waals surface area contributed by atoms with E-state index in [-0.39, 0.29) is 11.9 Å². The standard InChI is InChI=1S/C12H18N2O2S/c1-8(7-17-3)14-12(15)9-4-10(13)6-11(5-9)16-2/h4-6,8H,7,13H2,1-3H3,(H,14,15). The van der Waals surface area contributed by atoms with Crippen LogP contribution in [0.4, 0.5) is 5.69 Å². The highest BCUT2D eigenvalue weighted by atomic mass is 32.2. The van der Waals surface area contributed by atoms with Crippen LogP contribution in [0.15, 0.2) is 18.2 Å². The first kappa shape index (κ1) is 13.7. The van der Waals surface area contributed by atoms with Gasteiger partial charge in [-0.15, -0.1) is 0 Å². The molecule has 1 amide bonds. The second-order valence-electron chi connectivity index (χ2n) is 3.82. The highest BCUT2D eigenvalue weighted by Crippen LogP contribution is 2.18. The predicted molar refractivity (Wildman–Crippen MR) is 72.7 cm³/mol. The molecule has 0 fully saturated rings. The van der Waals surface area contributed by atoms with Crippen molar-refractivity contribution in [2.75, 3.05) is 24.9 Å². The van der Waals surface area contributed by atoms with Gasteiger partial charge >= 0.3 is 0 Å². The quantitative estimate of drug-likeness (QED) is 0.786. The van der Waals surface area contributed by atoms with Crippen molar-refractivity contribution in [1.29, 1.82) is 0 Å². The maximum Gasteiger partial charge on any atom is 0.251 e. The van der Waals surface area contributed by atoms with Crippen LogP contribution in [0, 0.1) is 0 Å². The third-order valence-corrected chi connectivity index (χ3v) is 3.05. The summed E-state index contributed by atoms with van der Waals surface area (Å²) >= 11 is 1.69. The Morgan fingerprint density at radius 1 is 1.53 bits per heavy atom. The number of amides is 1. The van der Waals surface area contributed by atoms with Gasteiger partial charge in [-0.1, -0.05) is 0 Å². The molecule has 1 aromatic carbocycles. The molecule has 0 aliphatic carbocycles. The molecule has 5 heteroatoms. The van der Waals surface area contributed by atoms with Gasteiger partial charge in [-0.2, -0.15) is 11.8 Å². The Morgan fingerprint density at radius 3 is 2.82 bits per heavy atom. The molecule has 0 spiro atoms. The van der Waals surface area contributed by atoms with Crippen LogP contribution >= 0.6 is 11.8 Å². The first-order chi connectivity index (χ1) is 8.06. The zero-order valence-electron chi connectivity index (χ0n) is 10.3. The van der Waals surface area contributed by atoms with Gasteiger partial charge in [0.25, 0.3) is 5.91 Å². The molecule has 0 aliphatic rings. The Morgan fingerprint density at radius 2 is 2.24 bits per heavy atom. The van der Waals surface area contributed by atoms with Gasteiger partial charge in [-0.25, -0.2) is 0 Å². The fourth-order valence-electron chi connectivity index (χ4n) is 1.47. The molecule has 94 valence electrons. The number of nitrogen functional groups attached to an aromatic ring is 1. The summed E-state index contributed by atoms with van der Waals surface area (Å²) in [6.45, 7) is 1.97. The summed E-state index contributed by atoms with van der Waals surface area (Å²) < 4.78 is 5.07. The van der Waals surface area contributed by atoms with Crippen LogP contribution in [0.2, 0.25) is 0 Å². The number of hydrogen-bond acceptors (Lipinski definition) is 4. The highest BCUT2D eigenvalue weighted by Gasteiger charge is 2.11. The van der Waals surface area contributed by atoms with Gasteiger partial charge in [0.15, 0.2) is 0 Å². The fourth-order valence-corrected chi connectivity index (χ4v) is 2.05. The van der Waals surface area contributed by atoms with Crippen molar-refractivity contribution >= 4 is 23.4 Å². The minimum Gasteiger partial charge on any atom is -0.497 e. The van der Waals surface area contributed by atoms with E-state index in [0.29, 0.717) is 17.0 Å². The van der Waals surface area contributed by atoms with Crippen LogP contribution in [0.25, 0.3) is 0 Å². The van der Waals surface area contributed by atoms with E-state index in [0.717, 1.165) is 5.75 Å². The van der Waals surface area contributed by atoms with E-state index in [1.165, 1.54) is 0 Å². The lowest BCUT2D eigenvalue weighted by Gasteiger charge is -2.13. The first-order valence-electron chi connectivity index (χ1n) is 5.31. The number of nitrogens with one attached hydrogen (secondary N) is 1. The third-order valence-electron chi connectivity index (χ3n) is 2.22. The minimum atomic E-state index is -0.128. The topological polar surface area (TPSA) is 64.3 Å². The Bertz CT molecular complexity index is 396. The Kier molecular flexibility index (Phi) is 5.15. The summed E-state index contributed by atoms with van der Waals surface area (Å²) in [4.78, 5) is 11.9. The summed E-state index contributed by atoms with van der Waals surface area (Å²) in [5.74, 6) is 1.34. The van der Waals surface area contributed by atoms with Gasteiger partial charge in [0.05, 0.1) is 7.11 Å². The Hall–Kier alpha value is -1.36. The van der Waals surface area contributed by atoms with Gasteiger partial charge in [-0.3, -0.25) is 4.79 Å². The van der Waals surface area contributed by atoms with Crippen molar-refractivity contribution in [3.05, 3.63) is 23.8 Å². The van der Waals surface area contributed by atoms with Crippen molar-refractivity contribution in [2.24, 2.45) is 0 Å². The summed E-state index contributed by atoms with van der Waals surface area (Å²) in [7, 11) is 1.55. The van der Waals surface area contributed by atoms with Crippen LogP contribution < -0.4 is 15.8 Å². The van der Waals surface area contributed by atoms with Gasteiger partial charge in [0.1, 0.15) is 5.75 Å². The van der Waals surface area contributed by atoms with Gasteiger partial charge < -0.3 is 15.8 Å². The van der Waals surface area contributed by atoms with Crippen molar-refractivity contribution in [1.82, 2.24) is 5.32 Å². The number of benzene rings is 1. The third kappa shape index (κ3) is 4.19. The summed E-state index contributed by atoms with van der Waals surface area (Å²) in [5, 5.41) is 2.90. The van der Waals surface area contributed by atoms with Crippen LogP contribution in [0.5, 0.6) is 5.75 Å². The number of anilines is 1. The van der Waals surface area contributed by atoms with E-state index >= 15 is 0 Å². The van der Waals surface area contributed by atoms with Crippen molar-refractivity contribution in [3.8, 4) is 5.75 Å². The molecule has 4 nitrogen and oxygen atoms in total. The Labute approximate surface area is 106 Å². The molecule has 1 rings (SSSR count). The van der Waals surface area contributed by atoms with Crippen LogP contribution in [-0.2, 0) is 0 Å². The molecule has 0 saturated heterocycles. The smallest absolute Gasteiger partial charge is 0.251 e. The number of hydrogen-bond donors (Lipinski definition) is 2. The van der Waals surface area contributed by atoms with Gasteiger partial charge in [0, 0.05) is 29.1 Å². The zero-order chi connectivity index (χ0) is 12.8. The van der Waals surface area contributed by atoms with E-state index in [1.807, 2.05) is 13.2 Å². The average molecular weight is 254 g/mol. The number of carbonyl (C=O) groups excluding carboxylic acids is 1. The summed E-state index contributed by atoms with van der Waals surface area (Å²) in [6.07, 6.45) is 2.01. The Balaban J connectivity index is 2.78. The number of thioether (sulfide) groups is 1. The molecule has 0 aliphatic heterocycles. The maximum atomic E-state index is 11.9. The molecule has 0 aromatic heterocycles. The SMILES string of the molecule is COc1cc(N)cc(C(=O)NC(C)CSC)c1. The van der Waals surface area contributed by atoms with Crippen molar-refractivity contribution in [2.45, 2.75) is 13.0 Å². The molecule has 1 atom stereocenters. The fraction of sp³-hybridized carbons (Fsp3) is 0.417. The van der Waals surface area contributed by atoms with Crippen molar-refractivity contribution in [3.63, 3.8) is 0 Å². The van der Waals surface area contributed by atoms with E-state index < -0.39 is 0 Å². The monoisotopic (exact) mass is 254 g/mol. The van der Waals surface area contributed by atoms with Gasteiger partial charge in [0.2, 0.25) is 0 Å². The minimum absolute atomic E-state index is 0.128. The molecular weight excluding hydrogens is 236 g/mol. The lowest BCUT2D eigenvalue weighted by atomic mass is 10.1. The number of rotatable bonds is 5. The predicted octanol–water partition coefficient (Wildman–Crippen LogP) is 1.76. The van der Waals surface area contributed by atoms with Gasteiger partial charge in [-0.05, 0) is 25.3 Å². The van der Waals surface area contributed by atoms with E-state index in [2.05, 4.69) is 5.32 Å². The molecule has 1 unspecified atom stereocenters. The van der Waals surface area contributed by atoms with E-state index in [1.54, 1.807) is 37.1 Å². The molecule has 1 aromatic rings. The number of methoxy groups -OCH3 is 1. The van der Waals surface area contributed by atoms with Crippen molar-refractivity contribution < 1.29 is 9.53 Å². The highest BCUT2D eigenvalue weighted by molar-refractivity contribution is 7.98. The normalized spacial score (nSPS) is 11.9. The second-order valence-corrected chi connectivity index (χ2v) is 4.74. The lowest BCUT2D eigenvalue weighted by molar-refractivity contribution is 0.0943. The maximum absolute atomic E-state index is 11.9. The molecule has 3 N–H and O–H groups in total. The summed E-state index contributed by atoms with van der Waals surface area (Å²) in [6, 6.07) is 5.13. The molecule has 17 heavy (non-hydrogen) atoms. The van der Waals surface area contributed by atoms with E-state index in [4.69, 9.17) is 10.5 Å². The largest absolute Gasteiger partial charge is 0.497 e. The number of carbonyl (C=O) groups is 1. The molecule has 0 heterocycles. The average Bonchev–Trinajstić information content (AvgIpc) is 2.28. The first-order valence-corrected chi connectivity index (χ1v) is 6.70. The molecule has 0 radical (unpaired) electrons. The zero-order valence-corrected chi connectivity index (χ0v) is 11.1. The summed E-state index contributed by atoms with van der Waals surface area (Å²) in [5.41, 5.74) is 6.74. The number of nitrogens with two attached hydrogens (primary N) is 1.